The Bertz CT molecular complexity index is 955. The number of amides is 1. The number of anilines is 1. The highest BCUT2D eigenvalue weighted by atomic mass is 32.1. The minimum absolute atomic E-state index is 0.167. The van der Waals surface area contributed by atoms with Gasteiger partial charge in [-0.05, 0) is 30.2 Å². The fraction of sp³-hybridized carbons (Fsp3) is 0.350. The van der Waals surface area contributed by atoms with Crippen molar-refractivity contribution in [3.05, 3.63) is 47.2 Å². The molecule has 3 heterocycles. The highest BCUT2D eigenvalue weighted by molar-refractivity contribution is 7.21. The van der Waals surface area contributed by atoms with Gasteiger partial charge in [0, 0.05) is 32.0 Å². The smallest absolute Gasteiger partial charge is 0.280 e. The number of nitrogens with one attached hydrogen (secondary N) is 1. The number of aromatic nitrogens is 2. The molecular weight excluding hydrogens is 376 g/mol. The molecule has 0 spiro atoms. The Balaban J connectivity index is 1.54. The average Bonchev–Trinajstić information content (AvgIpc) is 3.20. The topological polar surface area (TPSA) is 76.6 Å². The Morgan fingerprint density at radius 1 is 1.32 bits per heavy atom. The van der Waals surface area contributed by atoms with E-state index in [9.17, 15) is 4.79 Å². The first-order chi connectivity index (χ1) is 13.8. The first-order valence-electron chi connectivity index (χ1n) is 9.23. The molecule has 1 N–H and O–H groups in total. The van der Waals surface area contributed by atoms with Gasteiger partial charge in [0.1, 0.15) is 11.3 Å². The van der Waals surface area contributed by atoms with Crippen LogP contribution < -0.4 is 15.0 Å². The van der Waals surface area contributed by atoms with Crippen LogP contribution in [0.5, 0.6) is 5.75 Å². The molecule has 146 valence electrons. The summed E-state index contributed by atoms with van der Waals surface area (Å²) in [5.74, 6) is 0.512. The van der Waals surface area contributed by atoms with Gasteiger partial charge in [0.15, 0.2) is 5.01 Å². The first kappa shape index (κ1) is 18.6. The molecule has 1 saturated heterocycles. The van der Waals surface area contributed by atoms with Crippen LogP contribution >= 0.6 is 11.3 Å². The van der Waals surface area contributed by atoms with Crippen LogP contribution in [0, 0.1) is 0 Å². The Hall–Kier alpha value is -2.71. The van der Waals surface area contributed by atoms with Crippen LogP contribution in [0.1, 0.15) is 15.4 Å². The number of carbonyl (C=O) groups is 1. The van der Waals surface area contributed by atoms with Crippen molar-refractivity contribution in [2.45, 2.75) is 6.42 Å². The molecule has 8 heteroatoms. The maximum atomic E-state index is 12.6. The zero-order valence-corrected chi connectivity index (χ0v) is 16.5. The summed E-state index contributed by atoms with van der Waals surface area (Å²) >= 11 is 1.40. The van der Waals surface area contributed by atoms with E-state index >= 15 is 0 Å². The monoisotopic (exact) mass is 398 g/mol. The van der Waals surface area contributed by atoms with Gasteiger partial charge < -0.3 is 19.7 Å². The van der Waals surface area contributed by atoms with Crippen molar-refractivity contribution >= 4 is 33.1 Å². The van der Waals surface area contributed by atoms with Crippen molar-refractivity contribution in [2.24, 2.45) is 0 Å². The Kier molecular flexibility index (Phi) is 5.68. The summed E-state index contributed by atoms with van der Waals surface area (Å²) in [6.45, 7) is 3.59. The molecule has 4 rings (SSSR count). The van der Waals surface area contributed by atoms with E-state index < -0.39 is 0 Å². The zero-order chi connectivity index (χ0) is 19.3. The summed E-state index contributed by atoms with van der Waals surface area (Å²) in [5, 5.41) is 3.40. The van der Waals surface area contributed by atoms with Crippen LogP contribution in [0.15, 0.2) is 36.7 Å². The van der Waals surface area contributed by atoms with Crippen LogP contribution in [0.4, 0.5) is 5.69 Å². The van der Waals surface area contributed by atoms with E-state index in [2.05, 4.69) is 20.2 Å². The zero-order valence-electron chi connectivity index (χ0n) is 15.7. The van der Waals surface area contributed by atoms with Gasteiger partial charge in [0.25, 0.3) is 5.91 Å². The number of pyridine rings is 1. The van der Waals surface area contributed by atoms with E-state index in [1.807, 2.05) is 30.5 Å². The number of carbonyl (C=O) groups excluding carboxylic acids is 1. The Morgan fingerprint density at radius 2 is 2.18 bits per heavy atom. The van der Waals surface area contributed by atoms with E-state index in [-0.39, 0.29) is 5.91 Å². The lowest BCUT2D eigenvalue weighted by Gasteiger charge is -2.29. The molecule has 3 aromatic rings. The number of hydrogen-bond donors (Lipinski definition) is 1. The third kappa shape index (κ3) is 3.93. The van der Waals surface area contributed by atoms with Crippen molar-refractivity contribution in [1.29, 1.82) is 0 Å². The van der Waals surface area contributed by atoms with Gasteiger partial charge in [-0.25, -0.2) is 4.98 Å². The number of methoxy groups -OCH3 is 1. The van der Waals surface area contributed by atoms with Gasteiger partial charge in [0.2, 0.25) is 0 Å². The summed E-state index contributed by atoms with van der Waals surface area (Å²) < 4.78 is 11.9. The van der Waals surface area contributed by atoms with Crippen molar-refractivity contribution in [3.8, 4) is 5.75 Å². The van der Waals surface area contributed by atoms with Gasteiger partial charge in [-0.3, -0.25) is 9.78 Å². The summed E-state index contributed by atoms with van der Waals surface area (Å²) in [5.41, 5.74) is 2.89. The molecule has 1 aromatic carbocycles. The van der Waals surface area contributed by atoms with Crippen molar-refractivity contribution in [3.63, 3.8) is 0 Å². The van der Waals surface area contributed by atoms with Gasteiger partial charge in [-0.2, -0.15) is 0 Å². The first-order valence-corrected chi connectivity index (χ1v) is 10.1. The molecule has 7 nitrogen and oxygen atoms in total. The number of rotatable bonds is 6. The van der Waals surface area contributed by atoms with Crippen LogP contribution in [-0.4, -0.2) is 55.8 Å². The van der Waals surface area contributed by atoms with E-state index in [1.165, 1.54) is 11.3 Å². The molecule has 0 aliphatic carbocycles. The SMILES string of the molecule is COc1ccc(N2CCOCC2)c2sc(C(=O)NCCc3cccnc3)nc12. The fourth-order valence-electron chi connectivity index (χ4n) is 3.23. The van der Waals surface area contributed by atoms with E-state index in [0.717, 1.165) is 41.0 Å². The highest BCUT2D eigenvalue weighted by Gasteiger charge is 2.21. The summed E-state index contributed by atoms with van der Waals surface area (Å²) in [4.78, 5) is 23.6. The van der Waals surface area contributed by atoms with Crippen molar-refractivity contribution in [1.82, 2.24) is 15.3 Å². The second-order valence-electron chi connectivity index (χ2n) is 6.45. The molecule has 2 aromatic heterocycles. The molecule has 28 heavy (non-hydrogen) atoms. The maximum Gasteiger partial charge on any atom is 0.280 e. The van der Waals surface area contributed by atoms with Crippen LogP contribution in [0.2, 0.25) is 0 Å². The summed E-state index contributed by atoms with van der Waals surface area (Å²) in [7, 11) is 1.62. The number of nitrogens with zero attached hydrogens (tertiary/aromatic N) is 3. The minimum atomic E-state index is -0.167. The molecule has 1 aliphatic rings. The molecule has 0 radical (unpaired) electrons. The highest BCUT2D eigenvalue weighted by Crippen LogP contribution is 2.37. The average molecular weight is 398 g/mol. The number of morpholine rings is 1. The molecule has 0 atom stereocenters. The lowest BCUT2D eigenvalue weighted by atomic mass is 10.2. The van der Waals surface area contributed by atoms with Gasteiger partial charge in [0.05, 0.1) is 30.7 Å². The number of fused-ring (bicyclic) bond motifs is 1. The fourth-order valence-corrected chi connectivity index (χ4v) is 4.27. The normalized spacial score (nSPS) is 14.2. The molecule has 0 bridgehead atoms. The third-order valence-electron chi connectivity index (χ3n) is 4.67. The molecule has 1 fully saturated rings. The van der Waals surface area contributed by atoms with Gasteiger partial charge in [-0.15, -0.1) is 11.3 Å². The van der Waals surface area contributed by atoms with E-state index in [4.69, 9.17) is 9.47 Å². The molecule has 1 aliphatic heterocycles. The van der Waals surface area contributed by atoms with Crippen LogP contribution in [0.25, 0.3) is 10.2 Å². The molecule has 0 unspecified atom stereocenters. The largest absolute Gasteiger partial charge is 0.494 e. The van der Waals surface area contributed by atoms with Gasteiger partial charge in [-0.1, -0.05) is 6.07 Å². The van der Waals surface area contributed by atoms with E-state index in [1.54, 1.807) is 13.3 Å². The Morgan fingerprint density at radius 3 is 2.93 bits per heavy atom. The number of ether oxygens (including phenoxy) is 2. The lowest BCUT2D eigenvalue weighted by molar-refractivity contribution is 0.0954. The number of benzene rings is 1. The van der Waals surface area contributed by atoms with Crippen LogP contribution in [0.3, 0.4) is 0 Å². The van der Waals surface area contributed by atoms with Crippen molar-refractivity contribution < 1.29 is 14.3 Å². The van der Waals surface area contributed by atoms with Crippen molar-refractivity contribution in [2.75, 3.05) is 44.9 Å². The maximum absolute atomic E-state index is 12.6. The predicted octanol–water partition coefficient (Wildman–Crippen LogP) is 2.51. The quantitative estimate of drug-likeness (QED) is 0.688. The minimum Gasteiger partial charge on any atom is -0.494 e. The second kappa shape index (κ2) is 8.53. The number of hydrogen-bond acceptors (Lipinski definition) is 7. The molecule has 1 amide bonds. The standard InChI is InChI=1S/C20H22N4O3S/c1-26-16-5-4-15(24-9-11-27-12-10-24)18-17(16)23-20(28-18)19(25)22-8-6-14-3-2-7-21-13-14/h2-5,7,13H,6,8-12H2,1H3,(H,22,25). The molecular formula is C20H22N4O3S. The summed E-state index contributed by atoms with van der Waals surface area (Å²) in [6, 6.07) is 7.84. The third-order valence-corrected chi connectivity index (χ3v) is 5.75. The Labute approximate surface area is 167 Å². The van der Waals surface area contributed by atoms with Gasteiger partial charge >= 0.3 is 0 Å². The molecule has 0 saturated carbocycles. The second-order valence-corrected chi connectivity index (χ2v) is 7.45. The summed E-state index contributed by atoms with van der Waals surface area (Å²) in [6.07, 6.45) is 4.28. The van der Waals surface area contributed by atoms with E-state index in [0.29, 0.717) is 30.5 Å². The predicted molar refractivity (Wildman–Crippen MR) is 109 cm³/mol. The van der Waals surface area contributed by atoms with Crippen LogP contribution in [-0.2, 0) is 11.2 Å². The number of thiazole rings is 1. The lowest BCUT2D eigenvalue weighted by Crippen LogP contribution is -2.36.